The van der Waals surface area contributed by atoms with Crippen LogP contribution in [0.15, 0.2) is 122 Å². The normalized spacial score (nSPS) is 10.7. The molecule has 0 bridgehead atoms. The molecule has 0 spiro atoms. The van der Waals surface area contributed by atoms with Gasteiger partial charge >= 0.3 is 0 Å². The number of aromatic nitrogens is 4. The van der Waals surface area contributed by atoms with E-state index in [0.717, 1.165) is 11.4 Å². The molecular weight excluding hydrogens is 643 g/mol. The Bertz CT molecular complexity index is 1530. The summed E-state index contributed by atoms with van der Waals surface area (Å²) in [5.41, 5.74) is 4.36. The summed E-state index contributed by atoms with van der Waals surface area (Å²) in [6, 6.07) is 34.0. The van der Waals surface area contributed by atoms with E-state index in [1.54, 1.807) is 24.3 Å². The maximum atomic E-state index is 10.6. The van der Waals surface area contributed by atoms with Crippen molar-refractivity contribution in [2.24, 2.45) is 0 Å². The molecule has 0 aliphatic rings. The average molecular weight is 666 g/mol. The molecule has 0 amide bonds. The van der Waals surface area contributed by atoms with E-state index in [-0.39, 0.29) is 32.6 Å². The second kappa shape index (κ2) is 10.3. The fourth-order valence-electron chi connectivity index (χ4n) is 4.28. The van der Waals surface area contributed by atoms with Crippen LogP contribution in [0.25, 0.3) is 45.5 Å². The molecule has 184 valence electrons. The van der Waals surface area contributed by atoms with E-state index in [4.69, 9.17) is 9.97 Å². The fraction of sp³-hybridized carbons (Fsp3) is 0. The molecule has 4 aromatic carbocycles. The largest absolute Gasteiger partial charge is 0.507 e. The summed E-state index contributed by atoms with van der Waals surface area (Å²) in [5, 5.41) is 21.2. The SMILES string of the molecule is Oc1ccccc1-c1nc(-c2cn(-c3ccccc3)c(-c3ccccc3O)n2)cn1-c1ccccc1.[Pt]. The Balaban J connectivity index is 0.00000280. The Kier molecular flexibility index (Phi) is 6.76. The molecule has 0 aliphatic carbocycles. The Labute approximate surface area is 228 Å². The van der Waals surface area contributed by atoms with Crippen LogP contribution in [0.2, 0.25) is 0 Å². The maximum Gasteiger partial charge on any atom is 0.149 e. The summed E-state index contributed by atoms with van der Waals surface area (Å²) < 4.78 is 3.90. The summed E-state index contributed by atoms with van der Waals surface area (Å²) in [7, 11) is 0. The second-order valence-corrected chi connectivity index (χ2v) is 8.34. The summed E-state index contributed by atoms with van der Waals surface area (Å²) in [5.74, 6) is 1.51. The third-order valence-electron chi connectivity index (χ3n) is 6.03. The Hall–Kier alpha value is -4.41. The molecule has 6 aromatic rings. The molecule has 0 fully saturated rings. The van der Waals surface area contributed by atoms with Crippen molar-refractivity contribution in [2.75, 3.05) is 0 Å². The third kappa shape index (κ3) is 4.59. The summed E-state index contributed by atoms with van der Waals surface area (Å²) in [6.45, 7) is 0. The number of aromatic hydroxyl groups is 2. The van der Waals surface area contributed by atoms with Crippen LogP contribution in [0, 0.1) is 0 Å². The minimum Gasteiger partial charge on any atom is -0.507 e. The predicted molar refractivity (Wildman–Crippen MR) is 140 cm³/mol. The number of rotatable bonds is 5. The third-order valence-corrected chi connectivity index (χ3v) is 6.03. The van der Waals surface area contributed by atoms with Gasteiger partial charge in [-0.15, -0.1) is 0 Å². The number of hydrogen-bond donors (Lipinski definition) is 2. The van der Waals surface area contributed by atoms with E-state index in [2.05, 4.69) is 0 Å². The van der Waals surface area contributed by atoms with Gasteiger partial charge in [-0.3, -0.25) is 9.13 Å². The molecule has 0 unspecified atom stereocenters. The molecular formula is C30H22N4O2Pt. The van der Waals surface area contributed by atoms with Gasteiger partial charge in [0.25, 0.3) is 0 Å². The summed E-state index contributed by atoms with van der Waals surface area (Å²) in [4.78, 5) is 9.83. The van der Waals surface area contributed by atoms with E-state index in [9.17, 15) is 10.2 Å². The van der Waals surface area contributed by atoms with Gasteiger partial charge in [0, 0.05) is 44.8 Å². The molecule has 7 heteroatoms. The Morgan fingerprint density at radius 2 is 0.811 bits per heavy atom. The number of hydrogen-bond acceptors (Lipinski definition) is 4. The minimum atomic E-state index is 0. The molecule has 2 N–H and O–H groups in total. The molecule has 0 aliphatic heterocycles. The zero-order chi connectivity index (χ0) is 24.5. The summed E-state index contributed by atoms with van der Waals surface area (Å²) in [6.07, 6.45) is 3.84. The van der Waals surface area contributed by atoms with Crippen LogP contribution >= 0.6 is 0 Å². The van der Waals surface area contributed by atoms with Gasteiger partial charge in [0.15, 0.2) is 0 Å². The molecule has 0 saturated heterocycles. The van der Waals surface area contributed by atoms with Crippen LogP contribution in [0.5, 0.6) is 11.5 Å². The number of phenols is 2. The Morgan fingerprint density at radius 1 is 0.459 bits per heavy atom. The molecule has 0 saturated carbocycles. The number of nitrogens with zero attached hydrogens (tertiary/aromatic N) is 4. The first-order chi connectivity index (χ1) is 17.7. The van der Waals surface area contributed by atoms with Gasteiger partial charge in [0.2, 0.25) is 0 Å². The van der Waals surface area contributed by atoms with E-state index in [1.807, 2.05) is 106 Å². The van der Waals surface area contributed by atoms with Crippen molar-refractivity contribution in [1.82, 2.24) is 19.1 Å². The van der Waals surface area contributed by atoms with Crippen LogP contribution in [-0.4, -0.2) is 29.3 Å². The standard InChI is InChI=1S/C30H22N4O2.Pt/c35-27-17-9-7-15-23(27)29-31-25(19-33(29)21-11-3-1-4-12-21)26-20-34(22-13-5-2-6-14-22)30(32-26)24-16-8-10-18-28(24)36;/h1-20,35-36H;. The number of para-hydroxylation sites is 4. The Morgan fingerprint density at radius 3 is 1.19 bits per heavy atom. The van der Waals surface area contributed by atoms with Crippen molar-refractivity contribution in [3.05, 3.63) is 122 Å². The van der Waals surface area contributed by atoms with Crippen molar-refractivity contribution in [3.8, 4) is 57.0 Å². The molecule has 0 atom stereocenters. The topological polar surface area (TPSA) is 76.1 Å². The van der Waals surface area contributed by atoms with Crippen LogP contribution in [0.3, 0.4) is 0 Å². The molecule has 6 rings (SSSR count). The van der Waals surface area contributed by atoms with Crippen molar-refractivity contribution in [1.29, 1.82) is 0 Å². The van der Waals surface area contributed by atoms with Gasteiger partial charge in [-0.25, -0.2) is 9.97 Å². The number of phenolic OH excluding ortho intramolecular Hbond substituents is 2. The van der Waals surface area contributed by atoms with E-state index >= 15 is 0 Å². The summed E-state index contributed by atoms with van der Waals surface area (Å²) >= 11 is 0. The maximum absolute atomic E-state index is 10.6. The van der Waals surface area contributed by atoms with Gasteiger partial charge < -0.3 is 10.2 Å². The molecule has 6 nitrogen and oxygen atoms in total. The van der Waals surface area contributed by atoms with E-state index in [0.29, 0.717) is 34.2 Å². The van der Waals surface area contributed by atoms with E-state index in [1.165, 1.54) is 0 Å². The second-order valence-electron chi connectivity index (χ2n) is 8.34. The van der Waals surface area contributed by atoms with Crippen molar-refractivity contribution in [2.45, 2.75) is 0 Å². The predicted octanol–water partition coefficient (Wildman–Crippen LogP) is 6.47. The van der Waals surface area contributed by atoms with Gasteiger partial charge in [-0.05, 0) is 48.5 Å². The van der Waals surface area contributed by atoms with Crippen molar-refractivity contribution >= 4 is 0 Å². The first kappa shape index (κ1) is 24.3. The average Bonchev–Trinajstić information content (AvgIpc) is 3.56. The van der Waals surface area contributed by atoms with Gasteiger partial charge in [0.05, 0.1) is 11.1 Å². The van der Waals surface area contributed by atoms with Crippen LogP contribution in [0.4, 0.5) is 0 Å². The minimum absolute atomic E-state index is 0. The van der Waals surface area contributed by atoms with Gasteiger partial charge in [-0.2, -0.15) is 0 Å². The molecule has 2 aromatic heterocycles. The zero-order valence-electron chi connectivity index (χ0n) is 19.5. The molecule has 0 radical (unpaired) electrons. The molecule has 2 heterocycles. The zero-order valence-corrected chi connectivity index (χ0v) is 21.8. The first-order valence-corrected chi connectivity index (χ1v) is 11.6. The fourth-order valence-corrected chi connectivity index (χ4v) is 4.28. The number of imidazole rings is 2. The van der Waals surface area contributed by atoms with E-state index < -0.39 is 0 Å². The van der Waals surface area contributed by atoms with Crippen molar-refractivity contribution in [3.63, 3.8) is 0 Å². The number of benzene rings is 4. The van der Waals surface area contributed by atoms with Crippen LogP contribution < -0.4 is 0 Å². The van der Waals surface area contributed by atoms with Crippen LogP contribution in [0.1, 0.15) is 0 Å². The first-order valence-electron chi connectivity index (χ1n) is 11.6. The molecule has 37 heavy (non-hydrogen) atoms. The van der Waals surface area contributed by atoms with Crippen molar-refractivity contribution < 1.29 is 31.3 Å². The van der Waals surface area contributed by atoms with Gasteiger partial charge in [-0.1, -0.05) is 60.7 Å². The monoisotopic (exact) mass is 665 g/mol. The smallest absolute Gasteiger partial charge is 0.149 e. The quantitative estimate of drug-likeness (QED) is 0.222. The van der Waals surface area contributed by atoms with Crippen LogP contribution in [-0.2, 0) is 21.1 Å². The van der Waals surface area contributed by atoms with Gasteiger partial charge in [0.1, 0.15) is 34.5 Å².